The number of hydrogen-bond donors (Lipinski definition) is 2. The molecule has 0 bridgehead atoms. The predicted molar refractivity (Wildman–Crippen MR) is 71.8 cm³/mol. The van der Waals surface area contributed by atoms with E-state index in [2.05, 4.69) is 13.8 Å². The Kier molecular flexibility index (Phi) is 3.14. The van der Waals surface area contributed by atoms with Crippen molar-refractivity contribution < 1.29 is 19.7 Å². The average molecular weight is 266 g/mol. The van der Waals surface area contributed by atoms with E-state index in [1.54, 1.807) is 13.0 Å². The maximum atomic E-state index is 10.6. The summed E-state index contributed by atoms with van der Waals surface area (Å²) in [5.74, 6) is -0.947. The first kappa shape index (κ1) is 14.3. The van der Waals surface area contributed by atoms with Crippen LogP contribution in [0.4, 0.5) is 0 Å². The molecule has 1 heterocycles. The van der Waals surface area contributed by atoms with Crippen LogP contribution in [0.5, 0.6) is 0 Å². The molecule has 0 aromatic rings. The third-order valence-corrected chi connectivity index (χ3v) is 4.44. The molecule has 2 fully saturated rings. The highest BCUT2D eigenvalue weighted by molar-refractivity contribution is 5.81. The molecule has 1 saturated carbocycles. The fourth-order valence-electron chi connectivity index (χ4n) is 3.57. The highest BCUT2D eigenvalue weighted by Crippen LogP contribution is 2.66. The number of carbonyl (C=O) groups is 1. The van der Waals surface area contributed by atoms with Crippen LogP contribution in [-0.4, -0.2) is 33.5 Å². The molecule has 1 aliphatic heterocycles. The minimum Gasteiger partial charge on any atom is -0.478 e. The molecule has 0 spiro atoms. The minimum atomic E-state index is -0.947. The Morgan fingerprint density at radius 2 is 1.95 bits per heavy atom. The lowest BCUT2D eigenvalue weighted by atomic mass is 9.63. The van der Waals surface area contributed by atoms with Crippen molar-refractivity contribution in [3.63, 3.8) is 0 Å². The van der Waals surface area contributed by atoms with Crippen molar-refractivity contribution in [2.45, 2.75) is 57.8 Å². The van der Waals surface area contributed by atoms with Crippen LogP contribution in [0.3, 0.4) is 0 Å². The third kappa shape index (κ3) is 2.23. The maximum absolute atomic E-state index is 10.6. The normalized spacial score (nSPS) is 41.1. The summed E-state index contributed by atoms with van der Waals surface area (Å²) < 4.78 is 5.97. The number of aliphatic hydroxyl groups excluding tert-OH is 1. The van der Waals surface area contributed by atoms with Crippen LogP contribution in [0.25, 0.3) is 0 Å². The van der Waals surface area contributed by atoms with Crippen LogP contribution >= 0.6 is 0 Å². The third-order valence-electron chi connectivity index (χ3n) is 4.44. The number of rotatable bonds is 3. The van der Waals surface area contributed by atoms with Gasteiger partial charge in [0.05, 0.1) is 6.10 Å². The van der Waals surface area contributed by atoms with E-state index in [4.69, 9.17) is 9.84 Å². The van der Waals surface area contributed by atoms with Gasteiger partial charge in [-0.2, -0.15) is 0 Å². The lowest BCUT2D eigenvalue weighted by Crippen LogP contribution is -2.46. The summed E-state index contributed by atoms with van der Waals surface area (Å²) in [7, 11) is 0. The van der Waals surface area contributed by atoms with E-state index in [9.17, 15) is 9.90 Å². The minimum absolute atomic E-state index is 0.167. The van der Waals surface area contributed by atoms with Crippen molar-refractivity contribution in [3.05, 3.63) is 23.8 Å². The Hall–Kier alpha value is -1.13. The van der Waals surface area contributed by atoms with Gasteiger partial charge in [-0.3, -0.25) is 0 Å². The van der Waals surface area contributed by atoms with Crippen molar-refractivity contribution in [1.29, 1.82) is 0 Å². The fourth-order valence-corrected chi connectivity index (χ4v) is 3.57. The van der Waals surface area contributed by atoms with Gasteiger partial charge in [0.2, 0.25) is 0 Å². The van der Waals surface area contributed by atoms with Crippen molar-refractivity contribution >= 4 is 5.97 Å². The summed E-state index contributed by atoms with van der Waals surface area (Å²) >= 11 is 0. The first-order valence-corrected chi connectivity index (χ1v) is 6.61. The molecule has 0 unspecified atom stereocenters. The summed E-state index contributed by atoms with van der Waals surface area (Å²) in [5.41, 5.74) is -0.220. The van der Waals surface area contributed by atoms with Gasteiger partial charge in [0.15, 0.2) is 0 Å². The first-order valence-electron chi connectivity index (χ1n) is 6.61. The van der Waals surface area contributed by atoms with Gasteiger partial charge in [-0.25, -0.2) is 4.79 Å². The molecule has 2 N–H and O–H groups in total. The highest BCUT2D eigenvalue weighted by atomic mass is 16.6. The Labute approximate surface area is 113 Å². The molecule has 0 amide bonds. The number of ether oxygens (including phenoxy) is 1. The molecule has 2 rings (SSSR count). The SMILES string of the molecule is CC(/C=C/[C@]12O[C@@]1(C)C[C@H](O)CC2(C)C)=C\C(=O)O. The molecule has 2 aliphatic rings. The second-order valence-electron chi connectivity index (χ2n) is 6.57. The summed E-state index contributed by atoms with van der Waals surface area (Å²) in [5, 5.41) is 18.6. The second-order valence-corrected chi connectivity index (χ2v) is 6.57. The topological polar surface area (TPSA) is 70.1 Å². The molecule has 0 aromatic carbocycles. The van der Waals surface area contributed by atoms with Crippen LogP contribution in [0.1, 0.15) is 40.5 Å². The number of epoxide rings is 1. The molecule has 0 aromatic heterocycles. The largest absolute Gasteiger partial charge is 0.478 e. The van der Waals surface area contributed by atoms with Crippen LogP contribution < -0.4 is 0 Å². The van der Waals surface area contributed by atoms with Crippen LogP contribution in [0.2, 0.25) is 0 Å². The lowest BCUT2D eigenvalue weighted by molar-refractivity contribution is -0.131. The number of aliphatic carboxylic acids is 1. The van der Waals surface area contributed by atoms with Crippen molar-refractivity contribution in [2.24, 2.45) is 5.41 Å². The van der Waals surface area contributed by atoms with Gasteiger partial charge in [-0.05, 0) is 31.9 Å². The van der Waals surface area contributed by atoms with Crippen LogP contribution in [-0.2, 0) is 9.53 Å². The zero-order valence-electron chi connectivity index (χ0n) is 11.9. The molecule has 0 radical (unpaired) electrons. The molecule has 4 nitrogen and oxygen atoms in total. The van der Waals surface area contributed by atoms with Crippen molar-refractivity contribution in [2.75, 3.05) is 0 Å². The van der Waals surface area contributed by atoms with Crippen LogP contribution in [0, 0.1) is 5.41 Å². The average Bonchev–Trinajstić information content (AvgIpc) is 2.80. The maximum Gasteiger partial charge on any atom is 0.328 e. The smallest absolute Gasteiger partial charge is 0.328 e. The van der Waals surface area contributed by atoms with E-state index in [0.717, 1.165) is 0 Å². The zero-order valence-corrected chi connectivity index (χ0v) is 11.9. The van der Waals surface area contributed by atoms with Gasteiger partial charge in [-0.1, -0.05) is 19.9 Å². The fraction of sp³-hybridized carbons (Fsp3) is 0.667. The Bertz CT molecular complexity index is 463. The van der Waals surface area contributed by atoms with Gasteiger partial charge in [0.25, 0.3) is 0 Å². The number of fused-ring (bicyclic) bond motifs is 1. The number of allylic oxidation sites excluding steroid dienone is 2. The zero-order chi connectivity index (χ0) is 14.5. The summed E-state index contributed by atoms with van der Waals surface area (Å²) in [6.45, 7) is 7.94. The number of aliphatic hydroxyl groups is 1. The number of hydrogen-bond acceptors (Lipinski definition) is 3. The van der Waals surface area contributed by atoms with Crippen molar-refractivity contribution in [3.8, 4) is 0 Å². The van der Waals surface area contributed by atoms with Crippen molar-refractivity contribution in [1.82, 2.24) is 0 Å². The van der Waals surface area contributed by atoms with E-state index in [1.807, 2.05) is 13.0 Å². The predicted octanol–water partition coefficient (Wildman–Crippen LogP) is 2.28. The monoisotopic (exact) mass is 266 g/mol. The highest BCUT2D eigenvalue weighted by Gasteiger charge is 2.74. The van der Waals surface area contributed by atoms with Gasteiger partial charge < -0.3 is 14.9 Å². The second kappa shape index (κ2) is 4.18. The summed E-state index contributed by atoms with van der Waals surface area (Å²) in [4.78, 5) is 10.6. The molecule has 3 atom stereocenters. The van der Waals surface area contributed by atoms with Gasteiger partial charge in [-0.15, -0.1) is 0 Å². The van der Waals surface area contributed by atoms with E-state index in [1.165, 1.54) is 6.08 Å². The number of carboxylic acid groups (broad SMARTS) is 1. The molecule has 1 aliphatic carbocycles. The van der Waals surface area contributed by atoms with E-state index in [0.29, 0.717) is 18.4 Å². The standard InChI is InChI=1S/C15H22O4/c1-10(7-12(17)18)5-6-15-13(2,3)8-11(16)9-14(15,4)19-15/h5-7,11,16H,8-9H2,1-4H3,(H,17,18)/b6-5+,10-7+/t11-,14+,15-/m1/s1. The van der Waals surface area contributed by atoms with Gasteiger partial charge in [0.1, 0.15) is 11.2 Å². The van der Waals surface area contributed by atoms with Gasteiger partial charge >= 0.3 is 5.97 Å². The van der Waals surface area contributed by atoms with Crippen LogP contribution in [0.15, 0.2) is 23.8 Å². The Morgan fingerprint density at radius 3 is 2.47 bits per heavy atom. The molecule has 106 valence electrons. The molecule has 19 heavy (non-hydrogen) atoms. The van der Waals surface area contributed by atoms with Gasteiger partial charge in [0, 0.05) is 17.9 Å². The van der Waals surface area contributed by atoms with E-state index >= 15 is 0 Å². The number of carboxylic acids is 1. The molecular formula is C15H22O4. The Morgan fingerprint density at radius 1 is 1.32 bits per heavy atom. The molecular weight excluding hydrogens is 244 g/mol. The van der Waals surface area contributed by atoms with E-state index < -0.39 is 11.6 Å². The Balaban J connectivity index is 2.25. The van der Waals surface area contributed by atoms with E-state index in [-0.39, 0.29) is 17.1 Å². The summed E-state index contributed by atoms with van der Waals surface area (Å²) in [6.07, 6.45) is 5.93. The molecule has 4 heteroatoms. The molecule has 1 saturated heterocycles. The summed E-state index contributed by atoms with van der Waals surface area (Å²) in [6, 6.07) is 0. The lowest BCUT2D eigenvalue weighted by Gasteiger charge is -2.39. The quantitative estimate of drug-likeness (QED) is 0.467. The first-order chi connectivity index (χ1) is 8.62.